The molecule has 1 aromatic heterocycles. The number of nitrogens with zero attached hydrogens (tertiary/aromatic N) is 2. The second-order valence-electron chi connectivity index (χ2n) is 4.28. The molecule has 0 saturated carbocycles. The van der Waals surface area contributed by atoms with Crippen molar-refractivity contribution in [1.29, 1.82) is 0 Å². The molecule has 0 fully saturated rings. The van der Waals surface area contributed by atoms with Crippen molar-refractivity contribution in [3.8, 4) is 11.8 Å². The molecule has 2 aromatic rings. The number of nitrogens with two attached hydrogens (primary N) is 1. The van der Waals surface area contributed by atoms with Crippen LogP contribution in [0.25, 0.3) is 0 Å². The fourth-order valence-electron chi connectivity index (χ4n) is 1.75. The Morgan fingerprint density at radius 3 is 2.62 bits per heavy atom. The number of alkyl halides is 3. The number of halogens is 4. The molecule has 7 heteroatoms. The van der Waals surface area contributed by atoms with Crippen LogP contribution in [0.2, 0.25) is 0 Å². The lowest BCUT2D eigenvalue weighted by Gasteiger charge is -2.04. The lowest BCUT2D eigenvalue weighted by Crippen LogP contribution is -2.04. The topological polar surface area (TPSA) is 43.8 Å². The molecule has 0 bridgehead atoms. The van der Waals surface area contributed by atoms with E-state index in [0.717, 1.165) is 17.1 Å². The molecule has 0 radical (unpaired) electrons. The van der Waals surface area contributed by atoms with Crippen molar-refractivity contribution in [1.82, 2.24) is 9.78 Å². The molecule has 0 aliphatic rings. The highest BCUT2D eigenvalue weighted by Crippen LogP contribution is 2.28. The summed E-state index contributed by atoms with van der Waals surface area (Å²) in [5, 5.41) is 3.62. The minimum Gasteiger partial charge on any atom is -0.320 e. The molecule has 21 heavy (non-hydrogen) atoms. The highest BCUT2D eigenvalue weighted by atomic mass is 19.4. The van der Waals surface area contributed by atoms with Crippen LogP contribution in [0.1, 0.15) is 16.7 Å². The average Bonchev–Trinajstić information content (AvgIpc) is 2.84. The van der Waals surface area contributed by atoms with Crippen LogP contribution in [0.4, 0.5) is 17.6 Å². The SMILES string of the molecule is NCC#Cc1cc(F)cc(Cn2cc(C(F)(F)F)cn2)c1. The zero-order chi connectivity index (χ0) is 15.5. The van der Waals surface area contributed by atoms with E-state index in [1.54, 1.807) is 6.07 Å². The van der Waals surface area contributed by atoms with E-state index in [0.29, 0.717) is 11.1 Å². The Kier molecular flexibility index (Phi) is 4.29. The van der Waals surface area contributed by atoms with Crippen molar-refractivity contribution >= 4 is 0 Å². The first-order chi connectivity index (χ1) is 9.88. The van der Waals surface area contributed by atoms with E-state index >= 15 is 0 Å². The fourth-order valence-corrected chi connectivity index (χ4v) is 1.75. The van der Waals surface area contributed by atoms with Gasteiger partial charge in [0.15, 0.2) is 0 Å². The number of benzene rings is 1. The quantitative estimate of drug-likeness (QED) is 0.683. The van der Waals surface area contributed by atoms with Crippen LogP contribution in [-0.2, 0) is 12.7 Å². The molecular weight excluding hydrogens is 286 g/mol. The van der Waals surface area contributed by atoms with Gasteiger partial charge in [0.05, 0.1) is 24.8 Å². The summed E-state index contributed by atoms with van der Waals surface area (Å²) >= 11 is 0. The van der Waals surface area contributed by atoms with Gasteiger partial charge in [-0.25, -0.2) is 4.39 Å². The third-order valence-corrected chi connectivity index (χ3v) is 2.60. The van der Waals surface area contributed by atoms with E-state index in [1.807, 2.05) is 0 Å². The third-order valence-electron chi connectivity index (χ3n) is 2.60. The molecule has 2 rings (SSSR count). The summed E-state index contributed by atoms with van der Waals surface area (Å²) in [6, 6.07) is 4.04. The molecule has 110 valence electrons. The number of rotatable bonds is 2. The summed E-state index contributed by atoms with van der Waals surface area (Å²) in [4.78, 5) is 0. The Hall–Kier alpha value is -2.33. The molecule has 0 saturated heterocycles. The van der Waals surface area contributed by atoms with Crippen molar-refractivity contribution in [2.24, 2.45) is 5.73 Å². The normalized spacial score (nSPS) is 11.1. The van der Waals surface area contributed by atoms with Gasteiger partial charge in [0.2, 0.25) is 0 Å². The Morgan fingerprint density at radius 1 is 1.24 bits per heavy atom. The lowest BCUT2D eigenvalue weighted by atomic mass is 10.1. The molecule has 1 aromatic carbocycles. The second kappa shape index (κ2) is 5.97. The average molecular weight is 297 g/mol. The first kappa shape index (κ1) is 15.1. The number of hydrogen-bond acceptors (Lipinski definition) is 2. The van der Waals surface area contributed by atoms with Gasteiger partial charge in [-0.05, 0) is 23.8 Å². The van der Waals surface area contributed by atoms with E-state index in [4.69, 9.17) is 5.73 Å². The zero-order valence-electron chi connectivity index (χ0n) is 10.8. The van der Waals surface area contributed by atoms with Crippen LogP contribution in [0.5, 0.6) is 0 Å². The smallest absolute Gasteiger partial charge is 0.320 e. The lowest BCUT2D eigenvalue weighted by molar-refractivity contribution is -0.137. The molecule has 0 atom stereocenters. The largest absolute Gasteiger partial charge is 0.419 e. The van der Waals surface area contributed by atoms with Gasteiger partial charge in [0, 0.05) is 11.8 Å². The summed E-state index contributed by atoms with van der Waals surface area (Å²) in [5.74, 6) is 4.75. The predicted molar refractivity (Wildman–Crippen MR) is 68.7 cm³/mol. The standard InChI is InChI=1S/C14H11F4N3/c15-13-5-10(2-1-3-19)4-11(6-13)8-21-9-12(7-20-21)14(16,17)18/h4-7,9H,3,8,19H2. The summed E-state index contributed by atoms with van der Waals surface area (Å²) in [6.07, 6.45) is -2.84. The van der Waals surface area contributed by atoms with Crippen molar-refractivity contribution in [2.45, 2.75) is 12.7 Å². The molecule has 0 unspecified atom stereocenters. The third kappa shape index (κ3) is 4.07. The fraction of sp³-hybridized carbons (Fsp3) is 0.214. The zero-order valence-corrected chi connectivity index (χ0v) is 10.8. The van der Waals surface area contributed by atoms with Gasteiger partial charge >= 0.3 is 6.18 Å². The molecule has 0 aliphatic heterocycles. The van der Waals surface area contributed by atoms with E-state index in [-0.39, 0.29) is 13.1 Å². The van der Waals surface area contributed by atoms with Gasteiger partial charge in [-0.1, -0.05) is 11.8 Å². The first-order valence-corrected chi connectivity index (χ1v) is 5.96. The van der Waals surface area contributed by atoms with Crippen molar-refractivity contribution in [3.05, 3.63) is 53.1 Å². The first-order valence-electron chi connectivity index (χ1n) is 5.96. The molecule has 0 amide bonds. The highest BCUT2D eigenvalue weighted by molar-refractivity contribution is 5.38. The molecule has 0 aliphatic carbocycles. The predicted octanol–water partition coefficient (Wildman–Crippen LogP) is 2.40. The minimum atomic E-state index is -4.45. The van der Waals surface area contributed by atoms with Crippen LogP contribution < -0.4 is 5.73 Å². The summed E-state index contributed by atoms with van der Waals surface area (Å²) in [7, 11) is 0. The van der Waals surface area contributed by atoms with Gasteiger partial charge in [-0.2, -0.15) is 18.3 Å². The van der Waals surface area contributed by atoms with E-state index < -0.39 is 17.6 Å². The number of hydrogen-bond donors (Lipinski definition) is 1. The molecule has 3 nitrogen and oxygen atoms in total. The maximum atomic E-state index is 13.4. The van der Waals surface area contributed by atoms with Crippen LogP contribution in [0, 0.1) is 17.7 Å². The Bertz CT molecular complexity index is 692. The van der Waals surface area contributed by atoms with E-state index in [9.17, 15) is 17.6 Å². The van der Waals surface area contributed by atoms with Crippen molar-refractivity contribution < 1.29 is 17.6 Å². The van der Waals surface area contributed by atoms with Gasteiger partial charge in [0.1, 0.15) is 5.82 Å². The van der Waals surface area contributed by atoms with E-state index in [1.165, 1.54) is 12.1 Å². The van der Waals surface area contributed by atoms with E-state index in [2.05, 4.69) is 16.9 Å². The van der Waals surface area contributed by atoms with Crippen LogP contribution >= 0.6 is 0 Å². The van der Waals surface area contributed by atoms with Gasteiger partial charge in [-0.15, -0.1) is 0 Å². The summed E-state index contributed by atoms with van der Waals surface area (Å²) in [6.45, 7) is 0.158. The van der Waals surface area contributed by atoms with Crippen LogP contribution in [-0.4, -0.2) is 16.3 Å². The number of aromatic nitrogens is 2. The van der Waals surface area contributed by atoms with Crippen molar-refractivity contribution in [3.63, 3.8) is 0 Å². The van der Waals surface area contributed by atoms with Crippen molar-refractivity contribution in [2.75, 3.05) is 6.54 Å². The van der Waals surface area contributed by atoms with Gasteiger partial charge in [0.25, 0.3) is 0 Å². The molecule has 2 N–H and O–H groups in total. The molecule has 1 heterocycles. The maximum absolute atomic E-state index is 13.4. The second-order valence-corrected chi connectivity index (χ2v) is 4.28. The minimum absolute atomic E-state index is 0.0190. The van der Waals surface area contributed by atoms with Crippen LogP contribution in [0.3, 0.4) is 0 Å². The Morgan fingerprint density at radius 2 is 2.00 bits per heavy atom. The van der Waals surface area contributed by atoms with Gasteiger partial charge in [-0.3, -0.25) is 4.68 Å². The summed E-state index contributed by atoms with van der Waals surface area (Å²) < 4.78 is 51.9. The highest BCUT2D eigenvalue weighted by Gasteiger charge is 2.32. The Labute approximate surface area is 118 Å². The van der Waals surface area contributed by atoms with Gasteiger partial charge < -0.3 is 5.73 Å². The van der Waals surface area contributed by atoms with Crippen LogP contribution in [0.15, 0.2) is 30.6 Å². The maximum Gasteiger partial charge on any atom is 0.419 e. The molecule has 0 spiro atoms. The summed E-state index contributed by atoms with van der Waals surface area (Å²) in [5.41, 5.74) is 5.27. The monoisotopic (exact) mass is 297 g/mol. The Balaban J connectivity index is 2.23. The molecular formula is C14H11F4N3.